The van der Waals surface area contributed by atoms with E-state index in [1.54, 1.807) is 24.4 Å². The molecule has 0 atom stereocenters. The average Bonchev–Trinajstić information content (AvgIpc) is 2.28. The normalized spacial score (nSPS) is 9.06. The highest BCUT2D eigenvalue weighted by Gasteiger charge is 2.27. The van der Waals surface area contributed by atoms with Crippen molar-refractivity contribution in [1.29, 1.82) is 0 Å². The third-order valence-corrected chi connectivity index (χ3v) is 1.70. The smallest absolute Gasteiger partial charge is 0.441 e. The zero-order valence-electron chi connectivity index (χ0n) is 8.58. The van der Waals surface area contributed by atoms with Crippen LogP contribution in [0.5, 0.6) is 0 Å². The Hall–Kier alpha value is -2.33. The van der Waals surface area contributed by atoms with Crippen molar-refractivity contribution >= 4 is 17.5 Å². The van der Waals surface area contributed by atoms with E-state index in [1.807, 2.05) is 0 Å². The zero-order chi connectivity index (χ0) is 12.0. The summed E-state index contributed by atoms with van der Waals surface area (Å²) in [4.78, 5) is 28.5. The van der Waals surface area contributed by atoms with E-state index >= 15 is 0 Å². The summed E-state index contributed by atoms with van der Waals surface area (Å²) in [5.74, 6) is -1.63. The highest BCUT2D eigenvalue weighted by atomic mass is 16.5. The molecule has 0 fully saturated rings. The van der Waals surface area contributed by atoms with Crippen molar-refractivity contribution in [2.24, 2.45) is 0 Å². The molecule has 0 N–H and O–H groups in total. The van der Waals surface area contributed by atoms with E-state index in [-0.39, 0.29) is 6.61 Å². The number of carbonyl (C=O) groups is 2. The molecule has 1 heterocycles. The van der Waals surface area contributed by atoms with Gasteiger partial charge in [0.1, 0.15) is 6.61 Å². The number of esters is 1. The van der Waals surface area contributed by atoms with E-state index in [2.05, 4.69) is 9.77 Å². The minimum atomic E-state index is -0.972. The molecule has 0 radical (unpaired) electrons. The predicted molar refractivity (Wildman–Crippen MR) is 53.3 cm³/mol. The van der Waals surface area contributed by atoms with Crippen LogP contribution in [0, 0.1) is 0 Å². The van der Waals surface area contributed by atoms with Crippen molar-refractivity contribution in [3.63, 3.8) is 0 Å². The summed E-state index contributed by atoms with van der Waals surface area (Å²) in [6.45, 7) is 1.03. The molecule has 0 aromatic carbocycles. The Kier molecular flexibility index (Phi) is 4.06. The van der Waals surface area contributed by atoms with Gasteiger partial charge < -0.3 is 10.3 Å². The molecule has 0 amide bonds. The molecular formula is C10H9N3O3. The second-order valence-electron chi connectivity index (χ2n) is 2.90. The molecule has 0 bridgehead atoms. The van der Waals surface area contributed by atoms with Gasteiger partial charge in [-0.05, 0) is 12.1 Å². The van der Waals surface area contributed by atoms with Crippen molar-refractivity contribution in [1.82, 2.24) is 4.98 Å². The summed E-state index contributed by atoms with van der Waals surface area (Å²) >= 11 is 0. The van der Waals surface area contributed by atoms with Gasteiger partial charge in [0, 0.05) is 13.1 Å². The molecule has 0 saturated carbocycles. The first-order valence-electron chi connectivity index (χ1n) is 4.45. The lowest BCUT2D eigenvalue weighted by molar-refractivity contribution is -0.143. The van der Waals surface area contributed by atoms with Crippen molar-refractivity contribution in [3.05, 3.63) is 35.6 Å². The number of ketones is 1. The largest absolute Gasteiger partial charge is 0.450 e. The van der Waals surface area contributed by atoms with Crippen molar-refractivity contribution in [2.45, 2.75) is 13.5 Å². The molecule has 1 aromatic heterocycles. The molecule has 1 aromatic rings. The van der Waals surface area contributed by atoms with E-state index in [9.17, 15) is 9.59 Å². The molecule has 16 heavy (non-hydrogen) atoms. The lowest BCUT2D eigenvalue weighted by Crippen LogP contribution is -2.25. The fourth-order valence-corrected chi connectivity index (χ4v) is 0.946. The van der Waals surface area contributed by atoms with Crippen molar-refractivity contribution in [3.8, 4) is 0 Å². The monoisotopic (exact) mass is 219 g/mol. The first kappa shape index (κ1) is 11.7. The SMILES string of the molecule is CC(=O)C(=[N+]=[N-])C(=O)OCc1ccccn1. The van der Waals surface area contributed by atoms with Crippen LogP contribution in [0.2, 0.25) is 0 Å². The molecule has 1 rings (SSSR count). The van der Waals surface area contributed by atoms with Gasteiger partial charge in [-0.25, -0.2) is 4.79 Å². The lowest BCUT2D eigenvalue weighted by atomic mass is 10.3. The highest BCUT2D eigenvalue weighted by Crippen LogP contribution is 1.96. The molecule has 0 spiro atoms. The Labute approximate surface area is 91.5 Å². The van der Waals surface area contributed by atoms with Crippen molar-refractivity contribution in [2.75, 3.05) is 0 Å². The number of nitrogens with zero attached hydrogens (tertiary/aromatic N) is 3. The summed E-state index contributed by atoms with van der Waals surface area (Å²) in [6.07, 6.45) is 1.55. The van der Waals surface area contributed by atoms with E-state index < -0.39 is 17.5 Å². The Balaban J connectivity index is 2.60. The Bertz CT molecular complexity index is 450. The molecular weight excluding hydrogens is 210 g/mol. The fourth-order valence-electron chi connectivity index (χ4n) is 0.946. The van der Waals surface area contributed by atoms with Gasteiger partial charge in [-0.1, -0.05) is 6.07 Å². The third-order valence-electron chi connectivity index (χ3n) is 1.70. The number of carbonyl (C=O) groups excluding carboxylic acids is 2. The predicted octanol–water partition coefficient (Wildman–Crippen LogP) is 0.385. The van der Waals surface area contributed by atoms with Crippen LogP contribution in [0.4, 0.5) is 0 Å². The van der Waals surface area contributed by atoms with E-state index in [0.29, 0.717) is 5.69 Å². The molecule has 6 heteroatoms. The molecule has 0 saturated heterocycles. The first-order chi connectivity index (χ1) is 7.65. The summed E-state index contributed by atoms with van der Waals surface area (Å²) < 4.78 is 4.73. The quantitative estimate of drug-likeness (QED) is 0.240. The van der Waals surface area contributed by atoms with Crippen LogP contribution < -0.4 is 0 Å². The van der Waals surface area contributed by atoms with Crippen molar-refractivity contribution < 1.29 is 19.1 Å². The summed E-state index contributed by atoms with van der Waals surface area (Å²) in [6, 6.07) is 5.13. The maximum absolute atomic E-state index is 11.2. The zero-order valence-corrected chi connectivity index (χ0v) is 8.58. The van der Waals surface area contributed by atoms with Gasteiger partial charge in [0.2, 0.25) is 5.78 Å². The molecule has 0 aliphatic heterocycles. The summed E-state index contributed by atoms with van der Waals surface area (Å²) in [5, 5.41) is 0. The van der Waals surface area contributed by atoms with Gasteiger partial charge in [-0.15, -0.1) is 0 Å². The minimum Gasteiger partial charge on any atom is -0.450 e. The molecule has 0 unspecified atom stereocenters. The second-order valence-corrected chi connectivity index (χ2v) is 2.90. The van der Waals surface area contributed by atoms with Crippen LogP contribution in [0.15, 0.2) is 24.4 Å². The second kappa shape index (κ2) is 5.53. The van der Waals surface area contributed by atoms with Gasteiger partial charge in [-0.3, -0.25) is 9.78 Å². The van der Waals surface area contributed by atoms with E-state index in [4.69, 9.17) is 10.3 Å². The highest BCUT2D eigenvalue weighted by molar-refractivity contribution is 6.61. The van der Waals surface area contributed by atoms with Crippen LogP contribution in [-0.4, -0.2) is 27.2 Å². The number of aromatic nitrogens is 1. The summed E-state index contributed by atoms with van der Waals surface area (Å²) in [7, 11) is 0. The number of pyridine rings is 1. The number of ether oxygens (including phenoxy) is 1. The minimum absolute atomic E-state index is 0.0774. The molecule has 82 valence electrons. The maximum Gasteiger partial charge on any atom is 0.441 e. The number of rotatable bonds is 4. The topological polar surface area (TPSA) is 92.7 Å². The van der Waals surface area contributed by atoms with E-state index in [1.165, 1.54) is 0 Å². The van der Waals surface area contributed by atoms with Gasteiger partial charge in [0.15, 0.2) is 0 Å². The van der Waals surface area contributed by atoms with Gasteiger partial charge >= 0.3 is 11.7 Å². The lowest BCUT2D eigenvalue weighted by Gasteiger charge is -1.99. The van der Waals surface area contributed by atoms with Gasteiger partial charge in [0.25, 0.3) is 0 Å². The average molecular weight is 219 g/mol. The number of Topliss-reactive ketones (excluding diaryl/α,β-unsaturated/α-hetero) is 1. The molecule has 0 aliphatic rings. The molecule has 0 aliphatic carbocycles. The van der Waals surface area contributed by atoms with Crippen LogP contribution >= 0.6 is 0 Å². The van der Waals surface area contributed by atoms with E-state index in [0.717, 1.165) is 6.92 Å². The summed E-state index contributed by atoms with van der Waals surface area (Å²) in [5.41, 5.74) is 8.32. The Morgan fingerprint density at radius 1 is 1.50 bits per heavy atom. The molecule has 6 nitrogen and oxygen atoms in total. The number of hydrogen-bond donors (Lipinski definition) is 0. The maximum atomic E-state index is 11.2. The van der Waals surface area contributed by atoms with Crippen LogP contribution in [0.1, 0.15) is 12.6 Å². The first-order valence-corrected chi connectivity index (χ1v) is 4.45. The van der Waals surface area contributed by atoms with Crippen LogP contribution in [0.25, 0.3) is 5.53 Å². The standard InChI is InChI=1S/C10H9N3O3/c1-7(14)9(13-11)10(15)16-6-8-4-2-3-5-12-8/h2-5H,6H2,1H3. The Morgan fingerprint density at radius 3 is 2.75 bits per heavy atom. The van der Waals surface area contributed by atoms with Crippen LogP contribution in [0.3, 0.4) is 0 Å². The van der Waals surface area contributed by atoms with Crippen LogP contribution in [-0.2, 0) is 20.9 Å². The number of hydrogen-bond acceptors (Lipinski definition) is 4. The fraction of sp³-hybridized carbons (Fsp3) is 0.200. The third kappa shape index (κ3) is 3.11. The Morgan fingerprint density at radius 2 is 2.25 bits per heavy atom. The van der Waals surface area contributed by atoms with Gasteiger partial charge in [0.05, 0.1) is 5.69 Å². The van der Waals surface area contributed by atoms with Gasteiger partial charge in [-0.2, -0.15) is 4.79 Å².